The molecule has 2 aromatic carbocycles. The van der Waals surface area contributed by atoms with Gasteiger partial charge in [0.2, 0.25) is 15.8 Å². The molecule has 0 aliphatic carbocycles. The van der Waals surface area contributed by atoms with Crippen molar-refractivity contribution in [3.8, 4) is 11.4 Å². The number of hydrogen-bond acceptors (Lipinski definition) is 7. The fourth-order valence-corrected chi connectivity index (χ4v) is 4.04. The van der Waals surface area contributed by atoms with Crippen molar-refractivity contribution in [1.29, 1.82) is 0 Å². The standard InChI is InChI=1S/C24H25N3O7S/c1-15-11-21(16(2)27(15)18-7-9-20(10-8-18)35(25,31)32)22(28)14-34-23(29)13-26-24(30)17-5-4-6-19(12-17)33-3/h4-12H,13-14H2,1-3H3,(H,26,30)(H2,25,31,32). The molecule has 0 bridgehead atoms. The molecule has 3 N–H and O–H groups in total. The number of aryl methyl sites for hydroxylation is 1. The monoisotopic (exact) mass is 499 g/mol. The molecule has 35 heavy (non-hydrogen) atoms. The minimum Gasteiger partial charge on any atom is -0.497 e. The van der Waals surface area contributed by atoms with Crippen LogP contribution in [0.15, 0.2) is 59.5 Å². The summed E-state index contributed by atoms with van der Waals surface area (Å²) in [6.07, 6.45) is 0. The van der Waals surface area contributed by atoms with Crippen LogP contribution in [0.1, 0.15) is 32.1 Å². The van der Waals surface area contributed by atoms with Crippen molar-refractivity contribution < 1.29 is 32.3 Å². The van der Waals surface area contributed by atoms with Crippen LogP contribution in [-0.4, -0.2) is 50.9 Å². The number of ketones is 1. The summed E-state index contributed by atoms with van der Waals surface area (Å²) in [5, 5.41) is 7.58. The number of aromatic nitrogens is 1. The summed E-state index contributed by atoms with van der Waals surface area (Å²) in [6, 6.07) is 14.0. The SMILES string of the molecule is COc1cccc(C(=O)NCC(=O)OCC(=O)c2cc(C)n(-c3ccc(S(N)(=O)=O)cc3)c2C)c1. The Morgan fingerprint density at radius 1 is 1.03 bits per heavy atom. The molecule has 0 saturated heterocycles. The largest absolute Gasteiger partial charge is 0.497 e. The lowest BCUT2D eigenvalue weighted by Gasteiger charge is -2.11. The Hall–Kier alpha value is -3.96. The minimum absolute atomic E-state index is 0.0228. The zero-order chi connectivity index (χ0) is 25.8. The third-order valence-electron chi connectivity index (χ3n) is 5.24. The molecule has 0 saturated carbocycles. The Balaban J connectivity index is 1.61. The van der Waals surface area contributed by atoms with E-state index >= 15 is 0 Å². The zero-order valence-electron chi connectivity index (χ0n) is 19.4. The summed E-state index contributed by atoms with van der Waals surface area (Å²) in [5.41, 5.74) is 2.64. The maximum Gasteiger partial charge on any atom is 0.325 e. The van der Waals surface area contributed by atoms with Gasteiger partial charge in [-0.05, 0) is 62.4 Å². The molecule has 1 aromatic heterocycles. The van der Waals surface area contributed by atoms with Crippen molar-refractivity contribution in [3.05, 3.63) is 77.1 Å². The lowest BCUT2D eigenvalue weighted by Crippen LogP contribution is -2.31. The molecule has 0 radical (unpaired) electrons. The number of nitrogens with two attached hydrogens (primary N) is 1. The van der Waals surface area contributed by atoms with E-state index in [2.05, 4.69) is 5.32 Å². The molecule has 184 valence electrons. The van der Waals surface area contributed by atoms with Gasteiger partial charge < -0.3 is 19.4 Å². The van der Waals surface area contributed by atoms with Gasteiger partial charge in [-0.2, -0.15) is 0 Å². The normalized spacial score (nSPS) is 11.1. The molecule has 3 aromatic rings. The number of methoxy groups -OCH3 is 1. The number of rotatable bonds is 9. The van der Waals surface area contributed by atoms with Gasteiger partial charge in [0.05, 0.1) is 12.0 Å². The number of Topliss-reactive ketones (excluding diaryl/α,β-unsaturated/α-hetero) is 1. The van der Waals surface area contributed by atoms with Crippen LogP contribution in [0.25, 0.3) is 5.69 Å². The molecule has 0 atom stereocenters. The third-order valence-corrected chi connectivity index (χ3v) is 6.17. The molecule has 0 aliphatic heterocycles. The van der Waals surface area contributed by atoms with Crippen LogP contribution in [0, 0.1) is 13.8 Å². The highest BCUT2D eigenvalue weighted by atomic mass is 32.2. The summed E-state index contributed by atoms with van der Waals surface area (Å²) in [7, 11) is -2.34. The molecule has 11 heteroatoms. The van der Waals surface area contributed by atoms with Gasteiger partial charge >= 0.3 is 5.97 Å². The van der Waals surface area contributed by atoms with Crippen LogP contribution < -0.4 is 15.2 Å². The Bertz CT molecular complexity index is 1380. The van der Waals surface area contributed by atoms with E-state index < -0.39 is 40.8 Å². The van der Waals surface area contributed by atoms with Gasteiger partial charge in [0.15, 0.2) is 6.61 Å². The lowest BCUT2D eigenvalue weighted by atomic mass is 10.1. The first kappa shape index (κ1) is 25.7. The first-order valence-corrected chi connectivity index (χ1v) is 12.0. The van der Waals surface area contributed by atoms with E-state index in [-0.39, 0.29) is 4.90 Å². The number of nitrogens with zero attached hydrogens (tertiary/aromatic N) is 1. The van der Waals surface area contributed by atoms with Gasteiger partial charge in [0.1, 0.15) is 12.3 Å². The van der Waals surface area contributed by atoms with Crippen LogP contribution in [0.5, 0.6) is 5.75 Å². The Kier molecular flexibility index (Phi) is 7.72. The van der Waals surface area contributed by atoms with Crippen molar-refractivity contribution in [2.24, 2.45) is 5.14 Å². The van der Waals surface area contributed by atoms with Gasteiger partial charge in [-0.25, -0.2) is 13.6 Å². The Labute approximate surface area is 202 Å². The van der Waals surface area contributed by atoms with E-state index in [0.29, 0.717) is 28.3 Å². The predicted octanol–water partition coefficient (Wildman–Crippen LogP) is 1.91. The fourth-order valence-electron chi connectivity index (χ4n) is 3.52. The average molecular weight is 500 g/mol. The molecule has 0 spiro atoms. The predicted molar refractivity (Wildman–Crippen MR) is 127 cm³/mol. The number of carbonyl (C=O) groups is 3. The second kappa shape index (κ2) is 10.5. The topological polar surface area (TPSA) is 147 Å². The van der Waals surface area contributed by atoms with E-state index in [1.54, 1.807) is 54.8 Å². The lowest BCUT2D eigenvalue weighted by molar-refractivity contribution is -0.141. The molecule has 10 nitrogen and oxygen atoms in total. The van der Waals surface area contributed by atoms with Crippen LogP contribution in [-0.2, 0) is 19.6 Å². The number of ether oxygens (including phenoxy) is 2. The molecular weight excluding hydrogens is 474 g/mol. The number of nitrogens with one attached hydrogen (secondary N) is 1. The van der Waals surface area contributed by atoms with Crippen molar-refractivity contribution >= 4 is 27.7 Å². The van der Waals surface area contributed by atoms with E-state index in [0.717, 1.165) is 5.69 Å². The molecular formula is C24H25N3O7S. The first-order chi connectivity index (χ1) is 16.5. The van der Waals surface area contributed by atoms with Gasteiger partial charge in [0.25, 0.3) is 5.91 Å². The highest BCUT2D eigenvalue weighted by Crippen LogP contribution is 2.22. The summed E-state index contributed by atoms with van der Waals surface area (Å²) in [5.74, 6) is -1.16. The highest BCUT2D eigenvalue weighted by molar-refractivity contribution is 7.89. The van der Waals surface area contributed by atoms with Crippen molar-refractivity contribution in [2.45, 2.75) is 18.7 Å². The zero-order valence-corrected chi connectivity index (χ0v) is 20.2. The summed E-state index contributed by atoms with van der Waals surface area (Å²) >= 11 is 0. The average Bonchev–Trinajstić information content (AvgIpc) is 3.14. The summed E-state index contributed by atoms with van der Waals surface area (Å²) in [4.78, 5) is 36.9. The number of esters is 1. The van der Waals surface area contributed by atoms with Crippen LogP contribution in [0.4, 0.5) is 0 Å². The van der Waals surface area contributed by atoms with Crippen molar-refractivity contribution in [3.63, 3.8) is 0 Å². The number of sulfonamides is 1. The van der Waals surface area contributed by atoms with Gasteiger partial charge in [-0.1, -0.05) is 6.07 Å². The first-order valence-electron chi connectivity index (χ1n) is 10.4. The minimum atomic E-state index is -3.82. The summed E-state index contributed by atoms with van der Waals surface area (Å²) < 4.78 is 34.8. The number of primary sulfonamides is 1. The number of hydrogen-bond donors (Lipinski definition) is 2. The molecule has 0 aliphatic rings. The molecule has 3 rings (SSSR count). The van der Waals surface area contributed by atoms with E-state index in [1.165, 1.54) is 25.3 Å². The highest BCUT2D eigenvalue weighted by Gasteiger charge is 2.19. The van der Waals surface area contributed by atoms with Crippen molar-refractivity contribution in [1.82, 2.24) is 9.88 Å². The molecule has 0 unspecified atom stereocenters. The van der Waals surface area contributed by atoms with Gasteiger partial charge in [-0.15, -0.1) is 0 Å². The Morgan fingerprint density at radius 2 is 1.71 bits per heavy atom. The van der Waals surface area contributed by atoms with Crippen molar-refractivity contribution in [2.75, 3.05) is 20.3 Å². The van der Waals surface area contributed by atoms with Crippen LogP contribution >= 0.6 is 0 Å². The number of benzene rings is 2. The van der Waals surface area contributed by atoms with Crippen LogP contribution in [0.3, 0.4) is 0 Å². The van der Waals surface area contributed by atoms with Gasteiger partial charge in [0, 0.05) is 28.2 Å². The molecule has 0 fully saturated rings. The fraction of sp³-hybridized carbons (Fsp3) is 0.208. The van der Waals surface area contributed by atoms with E-state index in [1.807, 2.05) is 0 Å². The van der Waals surface area contributed by atoms with E-state index in [9.17, 15) is 22.8 Å². The third kappa shape index (κ3) is 6.14. The quantitative estimate of drug-likeness (QED) is 0.338. The smallest absolute Gasteiger partial charge is 0.325 e. The number of amides is 1. The molecule has 1 heterocycles. The van der Waals surface area contributed by atoms with E-state index in [4.69, 9.17) is 14.6 Å². The maximum absolute atomic E-state index is 12.7. The molecule has 1 amide bonds. The Morgan fingerprint density at radius 3 is 2.34 bits per heavy atom. The summed E-state index contributed by atoms with van der Waals surface area (Å²) in [6.45, 7) is 2.61. The second-order valence-corrected chi connectivity index (χ2v) is 9.22. The second-order valence-electron chi connectivity index (χ2n) is 7.66. The number of carbonyl (C=O) groups excluding carboxylic acids is 3. The maximum atomic E-state index is 12.7. The van der Waals surface area contributed by atoms with Crippen LogP contribution in [0.2, 0.25) is 0 Å². The van der Waals surface area contributed by atoms with Gasteiger partial charge in [-0.3, -0.25) is 14.4 Å².